The van der Waals surface area contributed by atoms with Crippen LogP contribution in [0.3, 0.4) is 0 Å². The lowest BCUT2D eigenvalue weighted by atomic mass is 9.95. The minimum absolute atomic E-state index is 0.291. The minimum Gasteiger partial charge on any atom is -0.448 e. The van der Waals surface area contributed by atoms with Crippen molar-refractivity contribution in [1.82, 2.24) is 0 Å². The minimum atomic E-state index is -0.626. The van der Waals surface area contributed by atoms with E-state index >= 15 is 0 Å². The van der Waals surface area contributed by atoms with E-state index in [1.807, 2.05) is 27.7 Å². The molecule has 0 saturated heterocycles. The second-order valence-electron chi connectivity index (χ2n) is 3.11. The predicted molar refractivity (Wildman–Crippen MR) is 43.0 cm³/mol. The van der Waals surface area contributed by atoms with E-state index in [0.29, 0.717) is 5.92 Å². The molecular formula is C7H13O2S. The van der Waals surface area contributed by atoms with Crippen LogP contribution in [0.4, 0.5) is 4.79 Å². The fraction of sp³-hybridized carbons (Fsp3) is 0.857. The molecule has 2 nitrogen and oxygen atoms in total. The summed E-state index contributed by atoms with van der Waals surface area (Å²) < 4.78 is 4.88. The average molecular weight is 161 g/mol. The van der Waals surface area contributed by atoms with Crippen molar-refractivity contribution in [3.05, 3.63) is 0 Å². The van der Waals surface area contributed by atoms with E-state index in [1.165, 1.54) is 0 Å². The third kappa shape index (κ3) is 3.01. The lowest BCUT2D eigenvalue weighted by molar-refractivity contribution is 0.0215. The molecule has 0 aromatic carbocycles. The predicted octanol–water partition coefficient (Wildman–Crippen LogP) is 2.76. The number of hydrogen-bond acceptors (Lipinski definition) is 2. The number of ether oxygens (including phenoxy) is 1. The molecule has 0 heterocycles. The van der Waals surface area contributed by atoms with Gasteiger partial charge in [0.2, 0.25) is 0 Å². The van der Waals surface area contributed by atoms with Crippen LogP contribution in [0.2, 0.25) is 0 Å². The van der Waals surface area contributed by atoms with Gasteiger partial charge in [-0.15, -0.1) is 0 Å². The standard InChI is InChI=1S/C7H13O2S/c1-5(2)7(3,4)9-6(8)10/h5H,1-4H3. The first-order valence-corrected chi connectivity index (χ1v) is 3.67. The van der Waals surface area contributed by atoms with Gasteiger partial charge in [0.1, 0.15) is 5.60 Å². The summed E-state index contributed by atoms with van der Waals surface area (Å²) in [6.45, 7) is 7.67. The lowest BCUT2D eigenvalue weighted by Crippen LogP contribution is -2.31. The molecule has 3 heteroatoms. The molecule has 0 aliphatic rings. The molecule has 0 spiro atoms. The highest BCUT2D eigenvalue weighted by Crippen LogP contribution is 2.20. The molecule has 0 bridgehead atoms. The van der Waals surface area contributed by atoms with Crippen LogP contribution in [0.1, 0.15) is 27.7 Å². The van der Waals surface area contributed by atoms with E-state index in [4.69, 9.17) is 4.74 Å². The summed E-state index contributed by atoms with van der Waals surface area (Å²) in [5, 5.41) is -0.626. The van der Waals surface area contributed by atoms with Crippen molar-refractivity contribution in [2.24, 2.45) is 5.92 Å². The van der Waals surface area contributed by atoms with E-state index in [2.05, 4.69) is 12.6 Å². The Morgan fingerprint density at radius 2 is 1.90 bits per heavy atom. The smallest absolute Gasteiger partial charge is 0.400 e. The highest BCUT2D eigenvalue weighted by Gasteiger charge is 2.25. The molecule has 0 atom stereocenters. The van der Waals surface area contributed by atoms with Crippen LogP contribution in [0, 0.1) is 5.92 Å². The summed E-state index contributed by atoms with van der Waals surface area (Å²) in [5.74, 6) is 0.291. The molecule has 0 unspecified atom stereocenters. The van der Waals surface area contributed by atoms with Gasteiger partial charge < -0.3 is 4.74 Å². The highest BCUT2D eigenvalue weighted by atomic mass is 32.1. The maximum Gasteiger partial charge on any atom is 0.400 e. The summed E-state index contributed by atoms with van der Waals surface area (Å²) in [6.07, 6.45) is 0. The second-order valence-corrected chi connectivity index (χ2v) is 3.44. The van der Waals surface area contributed by atoms with Crippen molar-refractivity contribution in [1.29, 1.82) is 0 Å². The lowest BCUT2D eigenvalue weighted by Gasteiger charge is -2.27. The Labute approximate surface area is 67.4 Å². The van der Waals surface area contributed by atoms with Gasteiger partial charge in [0.15, 0.2) is 0 Å². The molecule has 0 fully saturated rings. The maximum absolute atomic E-state index is 10.4. The third-order valence-corrected chi connectivity index (χ3v) is 1.82. The molecule has 0 aromatic rings. The Kier molecular flexibility index (Phi) is 3.09. The first-order valence-electron chi connectivity index (χ1n) is 3.26. The zero-order valence-corrected chi connectivity index (χ0v) is 7.62. The number of hydrogen-bond donors (Lipinski definition) is 0. The van der Waals surface area contributed by atoms with Crippen LogP contribution in [-0.2, 0) is 4.74 Å². The Morgan fingerprint density at radius 3 is 2.00 bits per heavy atom. The molecule has 0 N–H and O–H groups in total. The normalized spacial score (nSPS) is 11.7. The van der Waals surface area contributed by atoms with Gasteiger partial charge in [-0.3, -0.25) is 0 Å². The fourth-order valence-electron chi connectivity index (χ4n) is 0.333. The molecule has 0 aliphatic heterocycles. The first kappa shape index (κ1) is 9.69. The van der Waals surface area contributed by atoms with Crippen molar-refractivity contribution in [2.45, 2.75) is 33.3 Å². The Hall–Kier alpha value is -0.310. The van der Waals surface area contributed by atoms with Crippen molar-refractivity contribution in [3.8, 4) is 0 Å². The van der Waals surface area contributed by atoms with Crippen molar-refractivity contribution >= 4 is 17.9 Å². The third-order valence-electron chi connectivity index (χ3n) is 1.74. The number of carbonyl (C=O) groups is 1. The van der Waals surface area contributed by atoms with Gasteiger partial charge in [-0.05, 0) is 19.8 Å². The highest BCUT2D eigenvalue weighted by molar-refractivity contribution is 7.96. The Bertz CT molecular complexity index is 130. The average Bonchev–Trinajstić information content (AvgIpc) is 1.60. The summed E-state index contributed by atoms with van der Waals surface area (Å²) in [6, 6.07) is 0. The number of rotatable bonds is 2. The SMILES string of the molecule is CC(C)C(C)(C)OC(=O)[S]. The van der Waals surface area contributed by atoms with Gasteiger partial charge in [-0.2, -0.15) is 0 Å². The summed E-state index contributed by atoms with van der Waals surface area (Å²) >= 11 is 4.29. The van der Waals surface area contributed by atoms with Crippen molar-refractivity contribution in [2.75, 3.05) is 0 Å². The van der Waals surface area contributed by atoms with Gasteiger partial charge in [-0.1, -0.05) is 13.8 Å². The Balaban J connectivity index is 3.99. The monoisotopic (exact) mass is 161 g/mol. The quantitative estimate of drug-likeness (QED) is 0.582. The summed E-state index contributed by atoms with van der Waals surface area (Å²) in [4.78, 5) is 10.4. The second kappa shape index (κ2) is 3.19. The van der Waals surface area contributed by atoms with Gasteiger partial charge >= 0.3 is 5.30 Å². The van der Waals surface area contributed by atoms with Gasteiger partial charge in [0, 0.05) is 12.6 Å². The van der Waals surface area contributed by atoms with Crippen LogP contribution < -0.4 is 0 Å². The zero-order chi connectivity index (χ0) is 8.36. The molecule has 10 heavy (non-hydrogen) atoms. The Morgan fingerprint density at radius 1 is 1.50 bits per heavy atom. The van der Waals surface area contributed by atoms with E-state index in [9.17, 15) is 4.79 Å². The van der Waals surface area contributed by atoms with Crippen LogP contribution in [-0.4, -0.2) is 10.9 Å². The van der Waals surface area contributed by atoms with E-state index in [0.717, 1.165) is 0 Å². The molecule has 0 aliphatic carbocycles. The van der Waals surface area contributed by atoms with Gasteiger partial charge in [0.05, 0.1) is 0 Å². The van der Waals surface area contributed by atoms with E-state index in [1.54, 1.807) is 0 Å². The van der Waals surface area contributed by atoms with Crippen molar-refractivity contribution < 1.29 is 9.53 Å². The van der Waals surface area contributed by atoms with Crippen molar-refractivity contribution in [3.63, 3.8) is 0 Å². The van der Waals surface area contributed by atoms with E-state index < -0.39 is 10.9 Å². The first-order chi connectivity index (χ1) is 4.36. The van der Waals surface area contributed by atoms with E-state index in [-0.39, 0.29) is 0 Å². The molecule has 0 saturated carbocycles. The van der Waals surface area contributed by atoms with Crippen LogP contribution in [0.15, 0.2) is 0 Å². The summed E-state index contributed by atoms with van der Waals surface area (Å²) in [5.41, 5.74) is -0.432. The molecule has 0 rings (SSSR count). The fourth-order valence-corrected chi connectivity index (χ4v) is 0.547. The molecule has 0 amide bonds. The largest absolute Gasteiger partial charge is 0.448 e. The van der Waals surface area contributed by atoms with Crippen LogP contribution >= 0.6 is 12.6 Å². The molecular weight excluding hydrogens is 148 g/mol. The maximum atomic E-state index is 10.4. The van der Waals surface area contributed by atoms with Gasteiger partial charge in [0.25, 0.3) is 0 Å². The molecule has 59 valence electrons. The summed E-state index contributed by atoms with van der Waals surface area (Å²) in [7, 11) is 0. The van der Waals surface area contributed by atoms with Gasteiger partial charge in [-0.25, -0.2) is 4.79 Å². The number of carbonyl (C=O) groups excluding carboxylic acids is 1. The zero-order valence-electron chi connectivity index (χ0n) is 6.80. The van der Waals surface area contributed by atoms with Crippen LogP contribution in [0.25, 0.3) is 0 Å². The van der Waals surface area contributed by atoms with Crippen LogP contribution in [0.5, 0.6) is 0 Å². The topological polar surface area (TPSA) is 26.3 Å². The molecule has 1 radical (unpaired) electrons. The molecule has 0 aromatic heterocycles.